The number of rotatable bonds is 5. The third-order valence-corrected chi connectivity index (χ3v) is 3.77. The van der Waals surface area contributed by atoms with Crippen LogP contribution in [0.15, 0.2) is 54.6 Å². The van der Waals surface area contributed by atoms with E-state index in [2.05, 4.69) is 16.2 Å². The molecule has 0 aliphatic heterocycles. The molecule has 2 aromatic carbocycles. The van der Waals surface area contributed by atoms with E-state index in [0.717, 1.165) is 6.42 Å². The first-order chi connectivity index (χ1) is 12.5. The molecule has 0 aromatic heterocycles. The molecule has 0 spiro atoms. The molecular weight excluding hydrogens is 350 g/mol. The van der Waals surface area contributed by atoms with Crippen molar-refractivity contribution in [1.82, 2.24) is 16.2 Å². The van der Waals surface area contributed by atoms with Crippen LogP contribution in [-0.4, -0.2) is 23.0 Å². The Morgan fingerprint density at radius 2 is 1.69 bits per heavy atom. The lowest BCUT2D eigenvalue weighted by Crippen LogP contribution is -2.48. The first-order valence-corrected chi connectivity index (χ1v) is 8.64. The van der Waals surface area contributed by atoms with E-state index in [-0.39, 0.29) is 17.1 Å². The van der Waals surface area contributed by atoms with Crippen LogP contribution in [0, 0.1) is 0 Å². The first-order valence-electron chi connectivity index (χ1n) is 8.23. The Balaban J connectivity index is 1.88. The number of hydrogen-bond acceptors (Lipinski definition) is 4. The van der Waals surface area contributed by atoms with Crippen molar-refractivity contribution in [3.05, 3.63) is 65.7 Å². The van der Waals surface area contributed by atoms with E-state index in [1.807, 2.05) is 19.9 Å². The molecule has 3 N–H and O–H groups in total. The largest absolute Gasteiger partial charge is 0.491 e. The third kappa shape index (κ3) is 5.86. The molecule has 2 aromatic rings. The van der Waals surface area contributed by atoms with Crippen LogP contribution in [0.1, 0.15) is 41.0 Å². The van der Waals surface area contributed by atoms with Gasteiger partial charge in [-0.2, -0.15) is 0 Å². The Bertz CT molecular complexity index is 781. The second kappa shape index (κ2) is 9.53. The normalized spacial score (nSPS) is 11.2. The second-order valence-corrected chi connectivity index (χ2v) is 6.00. The minimum Gasteiger partial charge on any atom is -0.491 e. The van der Waals surface area contributed by atoms with Gasteiger partial charge < -0.3 is 4.74 Å². The highest BCUT2D eigenvalue weighted by Gasteiger charge is 2.11. The molecule has 0 saturated heterocycles. The molecule has 0 aliphatic rings. The molecule has 136 valence electrons. The van der Waals surface area contributed by atoms with Gasteiger partial charge in [0.25, 0.3) is 11.8 Å². The van der Waals surface area contributed by atoms with Crippen molar-refractivity contribution >= 4 is 29.1 Å². The molecule has 2 rings (SSSR count). The highest BCUT2D eigenvalue weighted by atomic mass is 32.1. The summed E-state index contributed by atoms with van der Waals surface area (Å²) < 4.78 is 5.70. The molecule has 26 heavy (non-hydrogen) atoms. The summed E-state index contributed by atoms with van der Waals surface area (Å²) in [5.74, 6) is -0.138. The summed E-state index contributed by atoms with van der Waals surface area (Å²) in [6.45, 7) is 3.98. The van der Waals surface area contributed by atoms with E-state index in [0.29, 0.717) is 16.9 Å². The van der Waals surface area contributed by atoms with Gasteiger partial charge in [0.15, 0.2) is 5.11 Å². The van der Waals surface area contributed by atoms with Gasteiger partial charge in [-0.1, -0.05) is 31.2 Å². The molecule has 1 unspecified atom stereocenters. The van der Waals surface area contributed by atoms with Crippen LogP contribution in [0.3, 0.4) is 0 Å². The maximum absolute atomic E-state index is 12.3. The van der Waals surface area contributed by atoms with E-state index in [1.165, 1.54) is 0 Å². The van der Waals surface area contributed by atoms with E-state index in [4.69, 9.17) is 17.0 Å². The van der Waals surface area contributed by atoms with E-state index in [1.54, 1.807) is 48.5 Å². The minimum absolute atomic E-state index is 0.00692. The molecule has 7 heteroatoms. The standard InChI is InChI=1S/C19H21N3O3S/c1-3-13(2)25-16-11-7-10-15(12-16)17(23)20-19(26)22-21-18(24)14-8-5-4-6-9-14/h4-13H,3H2,1-2H3,(H,21,24)(H2,20,22,23,26). The summed E-state index contributed by atoms with van der Waals surface area (Å²) in [6.07, 6.45) is 0.926. The van der Waals surface area contributed by atoms with Crippen LogP contribution in [0.4, 0.5) is 0 Å². The maximum atomic E-state index is 12.3. The molecule has 0 bridgehead atoms. The predicted molar refractivity (Wildman–Crippen MR) is 104 cm³/mol. The molecule has 2 amide bonds. The zero-order valence-electron chi connectivity index (χ0n) is 14.6. The number of amides is 2. The Labute approximate surface area is 157 Å². The summed E-state index contributed by atoms with van der Waals surface area (Å²) in [5.41, 5.74) is 5.82. The first kappa shape index (κ1) is 19.4. The van der Waals surface area contributed by atoms with Crippen molar-refractivity contribution in [3.8, 4) is 5.75 Å². The maximum Gasteiger partial charge on any atom is 0.269 e. The van der Waals surface area contributed by atoms with Crippen LogP contribution in [-0.2, 0) is 0 Å². The SMILES string of the molecule is CCC(C)Oc1cccc(C(=O)NC(=S)NNC(=O)c2ccccc2)c1. The van der Waals surface area contributed by atoms with Gasteiger partial charge in [-0.3, -0.25) is 25.8 Å². The molecule has 0 saturated carbocycles. The van der Waals surface area contributed by atoms with Crippen LogP contribution < -0.4 is 20.9 Å². The Morgan fingerprint density at radius 3 is 2.38 bits per heavy atom. The summed E-state index contributed by atoms with van der Waals surface area (Å²) in [6, 6.07) is 15.5. The van der Waals surface area contributed by atoms with Gasteiger partial charge in [0.2, 0.25) is 0 Å². The Morgan fingerprint density at radius 1 is 1.00 bits per heavy atom. The fraction of sp³-hybridized carbons (Fsp3) is 0.211. The lowest BCUT2D eigenvalue weighted by molar-refractivity contribution is 0.0934. The number of hydrazine groups is 1. The monoisotopic (exact) mass is 371 g/mol. The van der Waals surface area contributed by atoms with Crippen molar-refractivity contribution in [2.45, 2.75) is 26.4 Å². The Hall–Kier alpha value is -2.93. The van der Waals surface area contributed by atoms with E-state index >= 15 is 0 Å². The highest BCUT2D eigenvalue weighted by Crippen LogP contribution is 2.15. The van der Waals surface area contributed by atoms with Crippen molar-refractivity contribution in [2.24, 2.45) is 0 Å². The predicted octanol–water partition coefficient (Wildman–Crippen LogP) is 2.81. The highest BCUT2D eigenvalue weighted by molar-refractivity contribution is 7.80. The fourth-order valence-electron chi connectivity index (χ4n) is 2.01. The van der Waals surface area contributed by atoms with Gasteiger partial charge in [-0.25, -0.2) is 0 Å². The number of carbonyl (C=O) groups is 2. The number of thiocarbonyl (C=S) groups is 1. The fourth-order valence-corrected chi connectivity index (χ4v) is 2.15. The van der Waals surface area contributed by atoms with Gasteiger partial charge in [0, 0.05) is 11.1 Å². The average Bonchev–Trinajstić information content (AvgIpc) is 2.66. The summed E-state index contributed by atoms with van der Waals surface area (Å²) in [7, 11) is 0. The van der Waals surface area contributed by atoms with Crippen LogP contribution in [0.25, 0.3) is 0 Å². The quantitative estimate of drug-likeness (QED) is 0.556. The smallest absolute Gasteiger partial charge is 0.269 e. The minimum atomic E-state index is -0.397. The summed E-state index contributed by atoms with van der Waals surface area (Å²) in [4.78, 5) is 24.2. The Kier molecular flexibility index (Phi) is 7.11. The number of carbonyl (C=O) groups excluding carboxylic acids is 2. The van der Waals surface area contributed by atoms with Gasteiger partial charge >= 0.3 is 0 Å². The van der Waals surface area contributed by atoms with Gasteiger partial charge in [-0.05, 0) is 55.9 Å². The van der Waals surface area contributed by atoms with Crippen molar-refractivity contribution < 1.29 is 14.3 Å². The van der Waals surface area contributed by atoms with E-state index in [9.17, 15) is 9.59 Å². The van der Waals surface area contributed by atoms with Crippen LogP contribution >= 0.6 is 12.2 Å². The zero-order chi connectivity index (χ0) is 18.9. The second-order valence-electron chi connectivity index (χ2n) is 5.59. The molecular formula is C19H21N3O3S. The number of hydrogen-bond donors (Lipinski definition) is 3. The van der Waals surface area contributed by atoms with Gasteiger partial charge in [-0.15, -0.1) is 0 Å². The molecule has 6 nitrogen and oxygen atoms in total. The van der Waals surface area contributed by atoms with Crippen molar-refractivity contribution in [1.29, 1.82) is 0 Å². The lowest BCUT2D eigenvalue weighted by atomic mass is 10.2. The lowest BCUT2D eigenvalue weighted by Gasteiger charge is -2.14. The number of nitrogens with one attached hydrogen (secondary N) is 3. The third-order valence-electron chi connectivity index (χ3n) is 3.56. The molecule has 1 atom stereocenters. The van der Waals surface area contributed by atoms with E-state index < -0.39 is 5.91 Å². The number of ether oxygens (including phenoxy) is 1. The summed E-state index contributed by atoms with van der Waals surface area (Å²) >= 11 is 5.03. The van der Waals surface area contributed by atoms with Crippen LogP contribution in [0.5, 0.6) is 5.75 Å². The average molecular weight is 371 g/mol. The number of benzene rings is 2. The van der Waals surface area contributed by atoms with Crippen molar-refractivity contribution in [3.63, 3.8) is 0 Å². The zero-order valence-corrected chi connectivity index (χ0v) is 15.4. The summed E-state index contributed by atoms with van der Waals surface area (Å²) in [5, 5.41) is 2.50. The molecule has 0 heterocycles. The van der Waals surface area contributed by atoms with Crippen LogP contribution in [0.2, 0.25) is 0 Å². The van der Waals surface area contributed by atoms with Gasteiger partial charge in [0.1, 0.15) is 5.75 Å². The topological polar surface area (TPSA) is 79.5 Å². The molecule has 0 radical (unpaired) electrons. The van der Waals surface area contributed by atoms with Crippen molar-refractivity contribution in [2.75, 3.05) is 0 Å². The molecule has 0 fully saturated rings. The molecule has 0 aliphatic carbocycles. The van der Waals surface area contributed by atoms with Gasteiger partial charge in [0.05, 0.1) is 6.10 Å².